The molecule has 2 N–H and O–H groups in total. The van der Waals surface area contributed by atoms with Crippen LogP contribution in [0.25, 0.3) is 0 Å². The number of hydrogen-bond donors (Lipinski definition) is 2. The lowest BCUT2D eigenvalue weighted by atomic mass is 9.78. The Hall–Kier alpha value is -2.60. The van der Waals surface area contributed by atoms with Gasteiger partial charge in [0.25, 0.3) is 5.91 Å². The highest BCUT2D eigenvalue weighted by atomic mass is 16.5. The number of rotatable bonds is 8. The number of benzene rings is 1. The summed E-state index contributed by atoms with van der Waals surface area (Å²) in [5.74, 6) is 1.55. The molecule has 1 aromatic heterocycles. The van der Waals surface area contributed by atoms with E-state index in [-0.39, 0.29) is 12.5 Å². The van der Waals surface area contributed by atoms with Crippen LogP contribution in [0, 0.1) is 0 Å². The maximum Gasteiger partial charge on any atom is 0.257 e. The van der Waals surface area contributed by atoms with Crippen LogP contribution in [0.3, 0.4) is 0 Å². The fraction of sp³-hybridized carbons (Fsp3) is 0.368. The van der Waals surface area contributed by atoms with E-state index in [2.05, 4.69) is 10.3 Å². The van der Waals surface area contributed by atoms with Crippen LogP contribution in [0.1, 0.15) is 25.7 Å². The minimum atomic E-state index is -0.572. The van der Waals surface area contributed by atoms with Crippen molar-refractivity contribution >= 4 is 5.91 Å². The third-order valence-corrected chi connectivity index (χ3v) is 4.25. The lowest BCUT2D eigenvalue weighted by molar-refractivity contribution is -0.123. The number of pyridine rings is 1. The number of carbonyl (C=O) groups is 1. The smallest absolute Gasteiger partial charge is 0.257 e. The molecule has 1 aromatic carbocycles. The largest absolute Gasteiger partial charge is 0.484 e. The lowest BCUT2D eigenvalue weighted by Crippen LogP contribution is -2.41. The molecule has 1 aliphatic rings. The van der Waals surface area contributed by atoms with Crippen LogP contribution >= 0.6 is 0 Å². The molecule has 1 saturated carbocycles. The minimum Gasteiger partial charge on any atom is -0.484 e. The van der Waals surface area contributed by atoms with Crippen molar-refractivity contribution in [2.75, 3.05) is 13.2 Å². The maximum atomic E-state index is 11.8. The van der Waals surface area contributed by atoms with Gasteiger partial charge in [-0.1, -0.05) is 6.07 Å². The van der Waals surface area contributed by atoms with Crippen molar-refractivity contribution in [2.24, 2.45) is 0 Å². The summed E-state index contributed by atoms with van der Waals surface area (Å²) in [6.07, 6.45) is 4.97. The molecule has 0 unspecified atom stereocenters. The van der Waals surface area contributed by atoms with E-state index in [9.17, 15) is 9.90 Å². The number of nitrogens with one attached hydrogen (secondary N) is 1. The van der Waals surface area contributed by atoms with Crippen molar-refractivity contribution in [3.8, 4) is 17.4 Å². The normalized spacial score (nSPS) is 15.1. The second-order valence-corrected chi connectivity index (χ2v) is 6.21. The summed E-state index contributed by atoms with van der Waals surface area (Å²) in [6, 6.07) is 12.4. The summed E-state index contributed by atoms with van der Waals surface area (Å²) in [5, 5.41) is 12.7. The van der Waals surface area contributed by atoms with Gasteiger partial charge in [-0.15, -0.1) is 0 Å². The quantitative estimate of drug-likeness (QED) is 0.771. The summed E-state index contributed by atoms with van der Waals surface area (Å²) in [7, 11) is 0. The average molecular weight is 342 g/mol. The fourth-order valence-corrected chi connectivity index (χ4v) is 2.60. The Bertz CT molecular complexity index is 684. The molecule has 2 aromatic rings. The van der Waals surface area contributed by atoms with Gasteiger partial charge in [0, 0.05) is 18.8 Å². The van der Waals surface area contributed by atoms with E-state index in [1.165, 1.54) is 0 Å². The molecule has 1 amide bonds. The van der Waals surface area contributed by atoms with Crippen LogP contribution in [0.2, 0.25) is 0 Å². The van der Waals surface area contributed by atoms with E-state index in [1.54, 1.807) is 36.5 Å². The summed E-state index contributed by atoms with van der Waals surface area (Å²) in [5.41, 5.74) is -0.572. The molecular weight excluding hydrogens is 320 g/mol. The number of aromatic nitrogens is 1. The molecule has 25 heavy (non-hydrogen) atoms. The van der Waals surface area contributed by atoms with Crippen molar-refractivity contribution in [1.29, 1.82) is 0 Å². The molecule has 0 spiro atoms. The molecule has 1 fully saturated rings. The van der Waals surface area contributed by atoms with Gasteiger partial charge in [0.05, 0.1) is 5.60 Å². The molecule has 1 heterocycles. The van der Waals surface area contributed by atoms with E-state index < -0.39 is 5.60 Å². The molecule has 3 rings (SSSR count). The van der Waals surface area contributed by atoms with Crippen LogP contribution in [0.5, 0.6) is 17.4 Å². The summed E-state index contributed by atoms with van der Waals surface area (Å²) >= 11 is 0. The molecule has 0 bridgehead atoms. The number of carbonyl (C=O) groups excluding carboxylic acids is 1. The third-order valence-electron chi connectivity index (χ3n) is 4.25. The second-order valence-electron chi connectivity index (χ2n) is 6.21. The Labute approximate surface area is 146 Å². The Balaban J connectivity index is 1.38. The third kappa shape index (κ3) is 5.19. The minimum absolute atomic E-state index is 0.0567. The Kier molecular flexibility index (Phi) is 5.50. The molecule has 0 saturated heterocycles. The number of hydrogen-bond acceptors (Lipinski definition) is 5. The van der Waals surface area contributed by atoms with Crippen molar-refractivity contribution < 1.29 is 19.4 Å². The number of aliphatic hydroxyl groups is 1. The predicted octanol–water partition coefficient (Wildman–Crippen LogP) is 2.67. The van der Waals surface area contributed by atoms with E-state index in [4.69, 9.17) is 9.47 Å². The fourth-order valence-electron chi connectivity index (χ4n) is 2.60. The van der Waals surface area contributed by atoms with E-state index >= 15 is 0 Å². The molecular formula is C19H22N2O4. The average Bonchev–Trinajstić information content (AvgIpc) is 2.60. The van der Waals surface area contributed by atoms with Crippen molar-refractivity contribution in [1.82, 2.24) is 10.3 Å². The highest BCUT2D eigenvalue weighted by molar-refractivity contribution is 5.77. The van der Waals surface area contributed by atoms with Crippen molar-refractivity contribution in [2.45, 2.75) is 31.3 Å². The van der Waals surface area contributed by atoms with Crippen LogP contribution < -0.4 is 14.8 Å². The Morgan fingerprint density at radius 3 is 2.56 bits per heavy atom. The van der Waals surface area contributed by atoms with Crippen LogP contribution in [0.15, 0.2) is 48.7 Å². The van der Waals surface area contributed by atoms with Gasteiger partial charge in [0.2, 0.25) is 5.88 Å². The van der Waals surface area contributed by atoms with Crippen LogP contribution in [0.4, 0.5) is 0 Å². The van der Waals surface area contributed by atoms with Crippen LogP contribution in [-0.2, 0) is 4.79 Å². The molecule has 1 aliphatic carbocycles. The van der Waals surface area contributed by atoms with E-state index in [1.807, 2.05) is 12.1 Å². The molecule has 132 valence electrons. The summed E-state index contributed by atoms with van der Waals surface area (Å²) in [6.45, 7) is 0.411. The standard InChI is InChI=1S/C19H22N2O4/c22-17(20-13-11-19(23)9-3-10-19)14-24-15-5-7-16(8-6-15)25-18-4-1-2-12-21-18/h1-2,4-8,12,23H,3,9-11,13-14H2,(H,20,22). The van der Waals surface area contributed by atoms with Gasteiger partial charge in [-0.25, -0.2) is 4.98 Å². The first-order valence-corrected chi connectivity index (χ1v) is 8.44. The molecule has 0 aliphatic heterocycles. The number of nitrogens with zero attached hydrogens (tertiary/aromatic N) is 1. The first kappa shape index (κ1) is 17.2. The zero-order chi connectivity index (χ0) is 17.5. The zero-order valence-electron chi connectivity index (χ0n) is 14.0. The summed E-state index contributed by atoms with van der Waals surface area (Å²) < 4.78 is 11.0. The number of amides is 1. The lowest BCUT2D eigenvalue weighted by Gasteiger charge is -2.36. The van der Waals surface area contributed by atoms with Gasteiger partial charge in [-0.3, -0.25) is 4.79 Å². The van der Waals surface area contributed by atoms with Gasteiger partial charge in [0.15, 0.2) is 6.61 Å². The van der Waals surface area contributed by atoms with Gasteiger partial charge < -0.3 is 19.9 Å². The Morgan fingerprint density at radius 1 is 1.16 bits per heavy atom. The maximum absolute atomic E-state index is 11.8. The highest BCUT2D eigenvalue weighted by Crippen LogP contribution is 2.34. The SMILES string of the molecule is O=C(COc1ccc(Oc2ccccn2)cc1)NCCC1(O)CCC1. The van der Waals surface area contributed by atoms with Gasteiger partial charge in [-0.2, -0.15) is 0 Å². The highest BCUT2D eigenvalue weighted by Gasteiger charge is 2.33. The molecule has 6 heteroatoms. The molecule has 0 atom stereocenters. The van der Waals surface area contributed by atoms with E-state index in [0.29, 0.717) is 30.3 Å². The molecule has 6 nitrogen and oxygen atoms in total. The van der Waals surface area contributed by atoms with Gasteiger partial charge in [0.1, 0.15) is 11.5 Å². The molecule has 0 radical (unpaired) electrons. The first-order valence-electron chi connectivity index (χ1n) is 8.44. The monoisotopic (exact) mass is 342 g/mol. The summed E-state index contributed by atoms with van der Waals surface area (Å²) in [4.78, 5) is 15.9. The van der Waals surface area contributed by atoms with Gasteiger partial charge >= 0.3 is 0 Å². The van der Waals surface area contributed by atoms with Crippen LogP contribution in [-0.4, -0.2) is 34.8 Å². The predicted molar refractivity (Wildman–Crippen MR) is 92.7 cm³/mol. The number of ether oxygens (including phenoxy) is 2. The first-order chi connectivity index (χ1) is 12.1. The Morgan fingerprint density at radius 2 is 1.92 bits per heavy atom. The topological polar surface area (TPSA) is 80.7 Å². The second kappa shape index (κ2) is 7.98. The van der Waals surface area contributed by atoms with Gasteiger partial charge in [-0.05, 0) is 56.0 Å². The van der Waals surface area contributed by atoms with Crippen molar-refractivity contribution in [3.63, 3.8) is 0 Å². The van der Waals surface area contributed by atoms with Crippen molar-refractivity contribution in [3.05, 3.63) is 48.7 Å². The zero-order valence-corrected chi connectivity index (χ0v) is 14.0. The van der Waals surface area contributed by atoms with E-state index in [0.717, 1.165) is 19.3 Å².